The minimum atomic E-state index is -4.98. The number of amides is 1. The molecule has 1 fully saturated rings. The Bertz CT molecular complexity index is 764. The van der Waals surface area contributed by atoms with Gasteiger partial charge in [0.05, 0.1) is 13.7 Å². The molecule has 1 heterocycles. The van der Waals surface area contributed by atoms with Gasteiger partial charge in [0.25, 0.3) is 5.91 Å². The van der Waals surface area contributed by atoms with Crippen molar-refractivity contribution in [3.8, 4) is 0 Å². The van der Waals surface area contributed by atoms with E-state index in [9.17, 15) is 27.2 Å². The molecule has 0 radical (unpaired) electrons. The molecule has 152 valence electrons. The molecule has 0 aliphatic carbocycles. The summed E-state index contributed by atoms with van der Waals surface area (Å²) in [5, 5.41) is 0. The van der Waals surface area contributed by atoms with Gasteiger partial charge in [0, 0.05) is 18.0 Å². The van der Waals surface area contributed by atoms with Gasteiger partial charge in [-0.1, -0.05) is 6.08 Å². The topological polar surface area (TPSA) is 68.2 Å². The van der Waals surface area contributed by atoms with Gasteiger partial charge < -0.3 is 14.4 Å². The number of aliphatic imine (C=N–C) groups is 1. The van der Waals surface area contributed by atoms with Crippen molar-refractivity contribution in [2.75, 3.05) is 20.2 Å². The van der Waals surface area contributed by atoms with E-state index in [0.29, 0.717) is 0 Å². The maximum atomic E-state index is 13.1. The van der Waals surface area contributed by atoms with E-state index < -0.39 is 35.5 Å². The number of allylic oxidation sites excluding steroid dienone is 1. The van der Waals surface area contributed by atoms with Crippen LogP contribution in [-0.4, -0.2) is 55.3 Å². The van der Waals surface area contributed by atoms with Gasteiger partial charge in [0.1, 0.15) is 5.82 Å². The predicted octanol–water partition coefficient (Wildman–Crippen LogP) is 2.95. The average Bonchev–Trinajstić information content (AvgIpc) is 3.00. The zero-order chi connectivity index (χ0) is 20.9. The van der Waals surface area contributed by atoms with Crippen molar-refractivity contribution in [2.24, 2.45) is 10.9 Å². The molecule has 0 spiro atoms. The van der Waals surface area contributed by atoms with E-state index in [2.05, 4.69) is 16.3 Å². The number of benzene rings is 1. The van der Waals surface area contributed by atoms with Crippen molar-refractivity contribution in [3.05, 3.63) is 48.3 Å². The van der Waals surface area contributed by atoms with Crippen LogP contribution >= 0.6 is 0 Å². The van der Waals surface area contributed by atoms with Gasteiger partial charge in [0.2, 0.25) is 0 Å². The highest BCUT2D eigenvalue weighted by atomic mass is 19.4. The molecule has 2 rings (SSSR count). The van der Waals surface area contributed by atoms with Crippen molar-refractivity contribution in [2.45, 2.75) is 18.3 Å². The zero-order valence-corrected chi connectivity index (χ0v) is 14.9. The number of carbonyl (C=O) groups is 2. The number of alkyl halides is 3. The van der Waals surface area contributed by atoms with Crippen LogP contribution in [0, 0.1) is 11.7 Å². The van der Waals surface area contributed by atoms with Gasteiger partial charge in [-0.05, 0) is 30.7 Å². The molecule has 0 N–H and O–H groups in total. The second-order valence-electron chi connectivity index (χ2n) is 6.13. The van der Waals surface area contributed by atoms with E-state index in [1.165, 1.54) is 23.1 Å². The third-order valence-electron chi connectivity index (χ3n) is 4.39. The monoisotopic (exact) mass is 402 g/mol. The van der Waals surface area contributed by atoms with E-state index >= 15 is 0 Å². The molecule has 0 saturated carbocycles. The number of methoxy groups -OCH3 is 1. The first kappa shape index (κ1) is 21.4. The van der Waals surface area contributed by atoms with Crippen LogP contribution in [0.25, 0.3) is 0 Å². The molecular formula is C18H18F4N2O4. The molecule has 0 bridgehead atoms. The Balaban J connectivity index is 2.36. The normalized spacial score (nSPS) is 22.3. The molecule has 1 amide bonds. The highest BCUT2D eigenvalue weighted by Gasteiger charge is 2.54. The Morgan fingerprint density at radius 2 is 2.00 bits per heavy atom. The maximum absolute atomic E-state index is 13.1. The summed E-state index contributed by atoms with van der Waals surface area (Å²) >= 11 is 0. The number of nitrogens with zero attached hydrogens (tertiary/aromatic N) is 2. The summed E-state index contributed by atoms with van der Waals surface area (Å²) in [6, 6.07) is 4.75. The Kier molecular flexibility index (Phi) is 6.42. The summed E-state index contributed by atoms with van der Waals surface area (Å²) in [5.74, 6) is -2.64. The molecule has 28 heavy (non-hydrogen) atoms. The second-order valence-corrected chi connectivity index (χ2v) is 6.13. The Morgan fingerprint density at radius 1 is 1.36 bits per heavy atom. The molecule has 1 aromatic rings. The molecule has 10 heteroatoms. The van der Waals surface area contributed by atoms with E-state index in [1.54, 1.807) is 0 Å². The Labute approximate surface area is 158 Å². The van der Waals surface area contributed by atoms with Crippen LogP contribution in [0.2, 0.25) is 0 Å². The molecule has 1 aliphatic rings. The fourth-order valence-corrected chi connectivity index (χ4v) is 3.09. The van der Waals surface area contributed by atoms with Crippen LogP contribution in [0.5, 0.6) is 0 Å². The number of ether oxygens (including phenoxy) is 2. The number of halogens is 4. The van der Waals surface area contributed by atoms with Crippen molar-refractivity contribution < 1.29 is 36.6 Å². The van der Waals surface area contributed by atoms with Crippen molar-refractivity contribution in [1.82, 2.24) is 4.90 Å². The Morgan fingerprint density at radius 3 is 2.54 bits per heavy atom. The molecule has 1 saturated heterocycles. The quantitative estimate of drug-likeness (QED) is 0.241. The highest BCUT2D eigenvalue weighted by Crippen LogP contribution is 2.36. The van der Waals surface area contributed by atoms with E-state index in [4.69, 9.17) is 4.74 Å². The zero-order valence-electron chi connectivity index (χ0n) is 14.9. The smallest absolute Gasteiger partial charge is 0.467 e. The lowest BCUT2D eigenvalue weighted by Crippen LogP contribution is -2.46. The molecule has 0 aromatic heterocycles. The fourth-order valence-electron chi connectivity index (χ4n) is 3.09. The van der Waals surface area contributed by atoms with Crippen molar-refractivity contribution in [3.63, 3.8) is 0 Å². The van der Waals surface area contributed by atoms with Gasteiger partial charge in [-0.2, -0.15) is 0 Å². The minimum Gasteiger partial charge on any atom is -0.467 e. The molecule has 6 nitrogen and oxygen atoms in total. The molecule has 0 unspecified atom stereocenters. The first-order valence-electron chi connectivity index (χ1n) is 8.15. The first-order chi connectivity index (χ1) is 13.1. The van der Waals surface area contributed by atoms with Crippen LogP contribution in [0.3, 0.4) is 0 Å². The lowest BCUT2D eigenvalue weighted by molar-refractivity contribution is -0.280. The fraction of sp³-hybridized carbons (Fsp3) is 0.389. The van der Waals surface area contributed by atoms with Crippen molar-refractivity contribution >= 4 is 18.3 Å². The van der Waals surface area contributed by atoms with E-state index in [0.717, 1.165) is 19.2 Å². The number of esters is 1. The van der Waals surface area contributed by atoms with Gasteiger partial charge in [-0.3, -0.25) is 4.79 Å². The summed E-state index contributed by atoms with van der Waals surface area (Å²) in [5.41, 5.74) is -1.63. The van der Waals surface area contributed by atoms with Gasteiger partial charge >= 0.3 is 12.3 Å². The van der Waals surface area contributed by atoms with Gasteiger partial charge in [-0.25, -0.2) is 14.2 Å². The van der Waals surface area contributed by atoms with E-state index in [-0.39, 0.29) is 31.5 Å². The summed E-state index contributed by atoms with van der Waals surface area (Å²) in [4.78, 5) is 30.1. The van der Waals surface area contributed by atoms with Crippen LogP contribution in [0.4, 0.5) is 17.6 Å². The second kappa shape index (κ2) is 8.41. The highest BCUT2D eigenvalue weighted by molar-refractivity contribution is 5.96. The van der Waals surface area contributed by atoms with Crippen LogP contribution in [0.1, 0.15) is 16.8 Å². The third-order valence-corrected chi connectivity index (χ3v) is 4.39. The lowest BCUT2D eigenvalue weighted by atomic mass is 9.85. The summed E-state index contributed by atoms with van der Waals surface area (Å²) in [6.07, 6.45) is -3.18. The molecule has 1 aromatic carbocycles. The molecule has 2 atom stereocenters. The number of likely N-dealkylation sites (tertiary alicyclic amines) is 1. The summed E-state index contributed by atoms with van der Waals surface area (Å²) in [7, 11) is 1.07. The van der Waals surface area contributed by atoms with Gasteiger partial charge in [-0.15, -0.1) is 19.8 Å². The number of hydrogen-bond donors (Lipinski definition) is 0. The van der Waals surface area contributed by atoms with Crippen LogP contribution in [0.15, 0.2) is 41.9 Å². The van der Waals surface area contributed by atoms with Gasteiger partial charge in [0.15, 0.2) is 11.9 Å². The van der Waals surface area contributed by atoms with Crippen LogP contribution in [-0.2, 0) is 14.3 Å². The van der Waals surface area contributed by atoms with E-state index in [1.807, 2.05) is 0 Å². The van der Waals surface area contributed by atoms with Crippen LogP contribution < -0.4 is 0 Å². The third kappa shape index (κ3) is 4.68. The molecular weight excluding hydrogens is 384 g/mol. The Hall–Kier alpha value is -2.91. The number of hydrogen-bond acceptors (Lipinski definition) is 5. The maximum Gasteiger partial charge on any atom is 0.573 e. The molecule has 1 aliphatic heterocycles. The minimum absolute atomic E-state index is 0.0146. The number of rotatable bonds is 6. The lowest BCUT2D eigenvalue weighted by Gasteiger charge is -2.26. The summed E-state index contributed by atoms with van der Waals surface area (Å²) in [6.45, 7) is 3.26. The largest absolute Gasteiger partial charge is 0.573 e. The number of carbonyl (C=O) groups excluding carboxylic acids is 2. The predicted molar refractivity (Wildman–Crippen MR) is 91.0 cm³/mol. The summed E-state index contributed by atoms with van der Waals surface area (Å²) < 4.78 is 58.3. The van der Waals surface area contributed by atoms with Crippen molar-refractivity contribution in [1.29, 1.82) is 0 Å². The first-order valence-corrected chi connectivity index (χ1v) is 8.15. The SMILES string of the molecule is C=CC[C@H]1CN(C(=O)c2ccc(F)cc2)C[C@@]1(N=COC(F)(F)F)C(=O)OC. The standard InChI is InChI=1S/C18H18F4N2O4/c1-3-4-13-9-24(15(25)12-5-7-14(19)8-6-12)10-17(13,16(26)27-2)23-11-28-18(20,21)22/h3,5-8,11,13H,1,4,9-10H2,2H3/t13-,17-/m0/s1. The average molecular weight is 402 g/mol.